The molecule has 20 heavy (non-hydrogen) atoms. The van der Waals surface area contributed by atoms with Crippen molar-refractivity contribution >= 4 is 22.8 Å². The van der Waals surface area contributed by atoms with Gasteiger partial charge in [0.25, 0.3) is 0 Å². The van der Waals surface area contributed by atoms with E-state index in [1.807, 2.05) is 0 Å². The Balaban J connectivity index is 2.31. The van der Waals surface area contributed by atoms with Crippen molar-refractivity contribution in [1.29, 1.82) is 0 Å². The Hall–Kier alpha value is -2.34. The number of fused-ring (bicyclic) bond motifs is 1. The summed E-state index contributed by atoms with van der Waals surface area (Å²) in [5.74, 6) is -1.20. The summed E-state index contributed by atoms with van der Waals surface area (Å²) in [5.41, 5.74) is 1.89. The van der Waals surface area contributed by atoms with Gasteiger partial charge in [-0.2, -0.15) is 0 Å². The fourth-order valence-electron chi connectivity index (χ4n) is 2.19. The van der Waals surface area contributed by atoms with Gasteiger partial charge in [0.2, 0.25) is 5.91 Å². The van der Waals surface area contributed by atoms with Crippen LogP contribution in [-0.4, -0.2) is 39.7 Å². The molecule has 106 valence electrons. The van der Waals surface area contributed by atoms with Crippen LogP contribution in [0.3, 0.4) is 0 Å². The molecule has 0 aliphatic rings. The first-order valence-corrected chi connectivity index (χ1v) is 6.22. The first-order valence-electron chi connectivity index (χ1n) is 6.22. The standard InChI is InChI=1S/C14H16N2O4/c1-8(18)16-11(7-17)4-10-6-15-13-3-2-9(14(19)20)5-12(10)13/h2-3,5-6,11,15,17H,4,7H2,1H3,(H,16,18)(H,19,20)/t11-/m0/s1. The monoisotopic (exact) mass is 276 g/mol. The van der Waals surface area contributed by atoms with Gasteiger partial charge >= 0.3 is 5.97 Å². The van der Waals surface area contributed by atoms with Crippen molar-refractivity contribution in [1.82, 2.24) is 10.3 Å². The topological polar surface area (TPSA) is 102 Å². The number of hydrogen-bond donors (Lipinski definition) is 4. The van der Waals surface area contributed by atoms with E-state index in [1.165, 1.54) is 13.0 Å². The van der Waals surface area contributed by atoms with Crippen molar-refractivity contribution in [2.75, 3.05) is 6.61 Å². The molecule has 1 aromatic carbocycles. The second-order valence-corrected chi connectivity index (χ2v) is 4.66. The van der Waals surface area contributed by atoms with Gasteiger partial charge in [-0.25, -0.2) is 4.79 Å². The van der Waals surface area contributed by atoms with Crippen molar-refractivity contribution in [2.45, 2.75) is 19.4 Å². The van der Waals surface area contributed by atoms with Gasteiger partial charge in [-0.15, -0.1) is 0 Å². The molecule has 0 saturated heterocycles. The first kappa shape index (κ1) is 14.1. The molecule has 0 radical (unpaired) electrons. The number of hydrogen-bond acceptors (Lipinski definition) is 3. The maximum atomic E-state index is 11.0. The highest BCUT2D eigenvalue weighted by molar-refractivity contribution is 5.94. The van der Waals surface area contributed by atoms with Crippen LogP contribution in [0.5, 0.6) is 0 Å². The van der Waals surface area contributed by atoms with Crippen LogP contribution in [0.4, 0.5) is 0 Å². The van der Waals surface area contributed by atoms with Gasteiger partial charge in [0, 0.05) is 24.0 Å². The van der Waals surface area contributed by atoms with Crippen LogP contribution in [0.25, 0.3) is 10.9 Å². The predicted octanol–water partition coefficient (Wildman–Crippen LogP) is 0.906. The summed E-state index contributed by atoms with van der Waals surface area (Å²) in [6, 6.07) is 4.43. The molecule has 2 rings (SSSR count). The van der Waals surface area contributed by atoms with Crippen molar-refractivity contribution in [3.63, 3.8) is 0 Å². The van der Waals surface area contributed by atoms with Crippen LogP contribution in [-0.2, 0) is 11.2 Å². The number of aromatic carboxylic acids is 1. The number of carboxylic acid groups (broad SMARTS) is 1. The smallest absolute Gasteiger partial charge is 0.335 e. The Morgan fingerprint density at radius 3 is 2.75 bits per heavy atom. The average Bonchev–Trinajstić information content (AvgIpc) is 2.79. The first-order chi connectivity index (χ1) is 9.51. The molecule has 6 nitrogen and oxygen atoms in total. The largest absolute Gasteiger partial charge is 0.478 e. The summed E-state index contributed by atoms with van der Waals surface area (Å²) in [5, 5.41) is 21.7. The third kappa shape index (κ3) is 2.97. The van der Waals surface area contributed by atoms with Crippen LogP contribution < -0.4 is 5.32 Å². The zero-order valence-electron chi connectivity index (χ0n) is 11.0. The number of carbonyl (C=O) groups is 2. The van der Waals surface area contributed by atoms with Crippen molar-refractivity contribution in [2.24, 2.45) is 0 Å². The molecular formula is C14H16N2O4. The zero-order chi connectivity index (χ0) is 14.7. The molecule has 0 unspecified atom stereocenters. The Labute approximate surface area is 115 Å². The third-order valence-corrected chi connectivity index (χ3v) is 3.11. The Morgan fingerprint density at radius 2 is 2.15 bits per heavy atom. The molecule has 0 aliphatic heterocycles. The quantitative estimate of drug-likeness (QED) is 0.651. The van der Waals surface area contributed by atoms with Crippen molar-refractivity contribution in [3.05, 3.63) is 35.5 Å². The van der Waals surface area contributed by atoms with Crippen molar-refractivity contribution in [3.8, 4) is 0 Å². The predicted molar refractivity (Wildman–Crippen MR) is 73.7 cm³/mol. The lowest BCUT2D eigenvalue weighted by Gasteiger charge is -2.14. The van der Waals surface area contributed by atoms with E-state index in [0.29, 0.717) is 6.42 Å². The lowest BCUT2D eigenvalue weighted by Crippen LogP contribution is -2.37. The molecule has 6 heteroatoms. The molecule has 2 aromatic rings. The van der Waals surface area contributed by atoms with Gasteiger partial charge in [-0.1, -0.05) is 0 Å². The second kappa shape index (κ2) is 5.75. The lowest BCUT2D eigenvalue weighted by molar-refractivity contribution is -0.119. The van der Waals surface area contributed by atoms with Crippen LogP contribution >= 0.6 is 0 Å². The zero-order valence-corrected chi connectivity index (χ0v) is 11.0. The summed E-state index contributed by atoms with van der Waals surface area (Å²) in [7, 11) is 0. The fourth-order valence-corrected chi connectivity index (χ4v) is 2.19. The normalized spacial score (nSPS) is 12.3. The van der Waals surface area contributed by atoms with Crippen molar-refractivity contribution < 1.29 is 19.8 Å². The highest BCUT2D eigenvalue weighted by Gasteiger charge is 2.14. The molecule has 0 bridgehead atoms. The van der Waals surface area contributed by atoms with Crippen LogP contribution in [0.15, 0.2) is 24.4 Å². The molecule has 0 aliphatic carbocycles. The number of carbonyl (C=O) groups excluding carboxylic acids is 1. The van der Waals surface area contributed by atoms with E-state index in [1.54, 1.807) is 18.3 Å². The molecule has 1 atom stereocenters. The number of carboxylic acids is 1. The molecule has 1 heterocycles. The number of rotatable bonds is 5. The Bertz CT molecular complexity index is 648. The van der Waals surface area contributed by atoms with E-state index in [4.69, 9.17) is 5.11 Å². The molecular weight excluding hydrogens is 260 g/mol. The number of H-pyrrole nitrogens is 1. The summed E-state index contributed by atoms with van der Waals surface area (Å²) in [4.78, 5) is 25.1. The average molecular weight is 276 g/mol. The maximum absolute atomic E-state index is 11.0. The summed E-state index contributed by atoms with van der Waals surface area (Å²) in [6.45, 7) is 1.21. The highest BCUT2D eigenvalue weighted by atomic mass is 16.4. The van der Waals surface area contributed by atoms with Gasteiger partial charge in [-0.05, 0) is 30.2 Å². The van der Waals surface area contributed by atoms with E-state index in [9.17, 15) is 14.7 Å². The Kier molecular flexibility index (Phi) is 4.05. The van der Waals surface area contributed by atoms with Crippen LogP contribution in [0.1, 0.15) is 22.8 Å². The lowest BCUT2D eigenvalue weighted by atomic mass is 10.0. The molecule has 4 N–H and O–H groups in total. The summed E-state index contributed by atoms with van der Waals surface area (Å²) < 4.78 is 0. The van der Waals surface area contributed by atoms with Gasteiger partial charge < -0.3 is 20.5 Å². The number of nitrogens with one attached hydrogen (secondary N) is 2. The van der Waals surface area contributed by atoms with E-state index in [2.05, 4.69) is 10.3 Å². The van der Waals surface area contributed by atoms with Gasteiger partial charge in [0.05, 0.1) is 18.2 Å². The number of aromatic nitrogens is 1. The van der Waals surface area contributed by atoms with Crippen LogP contribution in [0.2, 0.25) is 0 Å². The van der Waals surface area contributed by atoms with Crippen LogP contribution in [0, 0.1) is 0 Å². The number of aliphatic hydroxyl groups is 1. The van der Waals surface area contributed by atoms with Gasteiger partial charge in [0.15, 0.2) is 0 Å². The number of aromatic amines is 1. The van der Waals surface area contributed by atoms with Gasteiger partial charge in [-0.3, -0.25) is 4.79 Å². The maximum Gasteiger partial charge on any atom is 0.335 e. The second-order valence-electron chi connectivity index (χ2n) is 4.66. The number of amides is 1. The van der Waals surface area contributed by atoms with E-state index >= 15 is 0 Å². The minimum Gasteiger partial charge on any atom is -0.478 e. The minimum absolute atomic E-state index is 0.176. The molecule has 0 saturated carbocycles. The van der Waals surface area contributed by atoms with E-state index < -0.39 is 5.97 Å². The molecule has 0 fully saturated rings. The minimum atomic E-state index is -0.986. The van der Waals surface area contributed by atoms with E-state index in [0.717, 1.165) is 16.5 Å². The summed E-state index contributed by atoms with van der Waals surface area (Å²) >= 11 is 0. The number of benzene rings is 1. The van der Waals surface area contributed by atoms with Gasteiger partial charge in [0.1, 0.15) is 0 Å². The molecule has 0 spiro atoms. The van der Waals surface area contributed by atoms with E-state index in [-0.39, 0.29) is 24.1 Å². The molecule has 1 aromatic heterocycles. The molecule has 1 amide bonds. The summed E-state index contributed by atoms with van der Waals surface area (Å²) in [6.07, 6.45) is 2.19. The SMILES string of the molecule is CC(=O)N[C@H](CO)Cc1c[nH]c2ccc(C(=O)O)cc12. The Morgan fingerprint density at radius 1 is 1.40 bits per heavy atom. The highest BCUT2D eigenvalue weighted by Crippen LogP contribution is 2.21. The fraction of sp³-hybridized carbons (Fsp3) is 0.286. The third-order valence-electron chi connectivity index (χ3n) is 3.11. The number of aliphatic hydroxyl groups excluding tert-OH is 1.